The number of hydrogen-bond acceptors (Lipinski definition) is 3. The van der Waals surface area contributed by atoms with Crippen LogP contribution < -0.4 is 5.73 Å². The molecule has 0 radical (unpaired) electrons. The van der Waals surface area contributed by atoms with E-state index in [1.54, 1.807) is 6.20 Å². The SMILES string of the molecule is CC(C)n1c(-c2ncccc2N)nc2cc(Cl)ccc21. The molecule has 3 aromatic rings. The lowest BCUT2D eigenvalue weighted by Gasteiger charge is -2.13. The number of fused-ring (bicyclic) bond motifs is 1. The Bertz CT molecular complexity index is 777. The zero-order chi connectivity index (χ0) is 14.3. The molecule has 4 nitrogen and oxygen atoms in total. The summed E-state index contributed by atoms with van der Waals surface area (Å²) in [6.45, 7) is 4.22. The Labute approximate surface area is 122 Å². The van der Waals surface area contributed by atoms with Gasteiger partial charge in [0.15, 0.2) is 5.82 Å². The molecule has 0 amide bonds. The minimum Gasteiger partial charge on any atom is -0.397 e. The van der Waals surface area contributed by atoms with Crippen LogP contribution in [0.15, 0.2) is 36.5 Å². The van der Waals surface area contributed by atoms with Crippen molar-refractivity contribution in [1.82, 2.24) is 14.5 Å². The van der Waals surface area contributed by atoms with E-state index >= 15 is 0 Å². The molecule has 0 aliphatic heterocycles. The number of nitrogens with zero attached hydrogens (tertiary/aromatic N) is 3. The molecule has 0 aliphatic carbocycles. The van der Waals surface area contributed by atoms with Gasteiger partial charge in [-0.05, 0) is 44.2 Å². The van der Waals surface area contributed by atoms with Gasteiger partial charge in [0.25, 0.3) is 0 Å². The van der Waals surface area contributed by atoms with Crippen LogP contribution in [0.25, 0.3) is 22.6 Å². The van der Waals surface area contributed by atoms with Gasteiger partial charge in [-0.15, -0.1) is 0 Å². The fraction of sp³-hybridized carbons (Fsp3) is 0.200. The largest absolute Gasteiger partial charge is 0.397 e. The highest BCUT2D eigenvalue weighted by molar-refractivity contribution is 6.31. The van der Waals surface area contributed by atoms with Crippen LogP contribution in [0.5, 0.6) is 0 Å². The zero-order valence-corrected chi connectivity index (χ0v) is 12.1. The lowest BCUT2D eigenvalue weighted by Crippen LogP contribution is -2.05. The Morgan fingerprint density at radius 1 is 1.25 bits per heavy atom. The Hall–Kier alpha value is -2.07. The highest BCUT2D eigenvalue weighted by Gasteiger charge is 2.17. The van der Waals surface area contributed by atoms with Crippen molar-refractivity contribution in [2.75, 3.05) is 5.73 Å². The van der Waals surface area contributed by atoms with Crippen molar-refractivity contribution in [3.8, 4) is 11.5 Å². The molecule has 0 spiro atoms. The van der Waals surface area contributed by atoms with Crippen molar-refractivity contribution in [1.29, 1.82) is 0 Å². The van der Waals surface area contributed by atoms with E-state index < -0.39 is 0 Å². The van der Waals surface area contributed by atoms with Gasteiger partial charge in [-0.25, -0.2) is 4.98 Å². The average Bonchev–Trinajstić information content (AvgIpc) is 2.77. The number of imidazole rings is 1. The van der Waals surface area contributed by atoms with Crippen molar-refractivity contribution in [2.45, 2.75) is 19.9 Å². The van der Waals surface area contributed by atoms with E-state index in [-0.39, 0.29) is 6.04 Å². The number of nitrogens with two attached hydrogens (primary N) is 1. The van der Waals surface area contributed by atoms with Crippen LogP contribution in [-0.4, -0.2) is 14.5 Å². The number of anilines is 1. The second-order valence-electron chi connectivity index (χ2n) is 4.97. The Morgan fingerprint density at radius 2 is 2.05 bits per heavy atom. The molecule has 2 aromatic heterocycles. The lowest BCUT2D eigenvalue weighted by molar-refractivity contribution is 0.623. The third kappa shape index (κ3) is 2.02. The molecule has 5 heteroatoms. The predicted molar refractivity (Wildman–Crippen MR) is 82.8 cm³/mol. The summed E-state index contributed by atoms with van der Waals surface area (Å²) in [5.74, 6) is 0.773. The van der Waals surface area contributed by atoms with Gasteiger partial charge in [-0.1, -0.05) is 11.6 Å². The molecule has 0 atom stereocenters. The van der Waals surface area contributed by atoms with Crippen LogP contribution in [0, 0.1) is 0 Å². The summed E-state index contributed by atoms with van der Waals surface area (Å²) in [6.07, 6.45) is 1.72. The van der Waals surface area contributed by atoms with Crippen LogP contribution >= 0.6 is 11.6 Å². The minimum absolute atomic E-state index is 0.248. The maximum absolute atomic E-state index is 6.05. The second-order valence-corrected chi connectivity index (χ2v) is 5.41. The second kappa shape index (κ2) is 4.80. The zero-order valence-electron chi connectivity index (χ0n) is 11.3. The molecule has 2 N–H and O–H groups in total. The Balaban J connectivity index is 2.35. The van der Waals surface area contributed by atoms with Crippen LogP contribution in [0.4, 0.5) is 5.69 Å². The number of benzene rings is 1. The van der Waals surface area contributed by atoms with Gasteiger partial charge in [-0.2, -0.15) is 0 Å². The van der Waals surface area contributed by atoms with Crippen molar-refractivity contribution < 1.29 is 0 Å². The number of nitrogen functional groups attached to an aromatic ring is 1. The van der Waals surface area contributed by atoms with Crippen molar-refractivity contribution in [3.63, 3.8) is 0 Å². The van der Waals surface area contributed by atoms with Gasteiger partial charge in [0.1, 0.15) is 5.69 Å². The summed E-state index contributed by atoms with van der Waals surface area (Å²) in [5.41, 5.74) is 9.24. The van der Waals surface area contributed by atoms with E-state index in [2.05, 4.69) is 28.4 Å². The van der Waals surface area contributed by atoms with Crippen LogP contribution in [0.2, 0.25) is 5.02 Å². The molecule has 0 fully saturated rings. The molecule has 0 unspecified atom stereocenters. The summed E-state index contributed by atoms with van der Waals surface area (Å²) in [5, 5.41) is 0.673. The van der Waals surface area contributed by atoms with Gasteiger partial charge >= 0.3 is 0 Å². The van der Waals surface area contributed by atoms with E-state index in [9.17, 15) is 0 Å². The van der Waals surface area contributed by atoms with Crippen LogP contribution in [0.3, 0.4) is 0 Å². The molecule has 1 aromatic carbocycles. The smallest absolute Gasteiger partial charge is 0.162 e. The fourth-order valence-corrected chi connectivity index (χ4v) is 2.53. The molecule has 0 saturated heterocycles. The minimum atomic E-state index is 0.248. The highest BCUT2D eigenvalue weighted by atomic mass is 35.5. The Morgan fingerprint density at radius 3 is 2.75 bits per heavy atom. The van der Waals surface area contributed by atoms with Crippen LogP contribution in [-0.2, 0) is 0 Å². The summed E-state index contributed by atoms with van der Waals surface area (Å²) < 4.78 is 2.13. The Kier molecular flexibility index (Phi) is 3.10. The summed E-state index contributed by atoms with van der Waals surface area (Å²) >= 11 is 6.05. The average molecular weight is 287 g/mol. The molecule has 102 valence electrons. The van der Waals surface area contributed by atoms with E-state index in [0.717, 1.165) is 16.9 Å². The molecule has 20 heavy (non-hydrogen) atoms. The van der Waals surface area contributed by atoms with Crippen LogP contribution in [0.1, 0.15) is 19.9 Å². The van der Waals surface area contributed by atoms with Gasteiger partial charge < -0.3 is 10.3 Å². The third-order valence-electron chi connectivity index (χ3n) is 3.22. The monoisotopic (exact) mass is 286 g/mol. The molecule has 0 bridgehead atoms. The van der Waals surface area contributed by atoms with E-state index in [0.29, 0.717) is 16.4 Å². The maximum Gasteiger partial charge on any atom is 0.162 e. The molecule has 3 rings (SSSR count). The first-order valence-electron chi connectivity index (χ1n) is 6.46. The van der Waals surface area contributed by atoms with Gasteiger partial charge in [-0.3, -0.25) is 4.98 Å². The van der Waals surface area contributed by atoms with Crippen molar-refractivity contribution in [2.24, 2.45) is 0 Å². The van der Waals surface area contributed by atoms with Gasteiger partial charge in [0.2, 0.25) is 0 Å². The molecular formula is C15H15ClN4. The standard InChI is InChI=1S/C15H15ClN4/c1-9(2)20-13-6-5-10(16)8-12(13)19-15(20)14-11(17)4-3-7-18-14/h3-9H,17H2,1-2H3. The number of hydrogen-bond donors (Lipinski definition) is 1. The lowest BCUT2D eigenvalue weighted by atomic mass is 10.2. The normalized spacial score (nSPS) is 11.4. The van der Waals surface area contributed by atoms with Crippen molar-refractivity contribution >= 4 is 28.3 Å². The first-order valence-corrected chi connectivity index (χ1v) is 6.84. The van der Waals surface area contributed by atoms with E-state index in [1.807, 2.05) is 30.3 Å². The fourth-order valence-electron chi connectivity index (χ4n) is 2.37. The molecular weight excluding hydrogens is 272 g/mol. The molecule has 2 heterocycles. The van der Waals surface area contributed by atoms with E-state index in [1.165, 1.54) is 0 Å². The topological polar surface area (TPSA) is 56.7 Å². The van der Waals surface area contributed by atoms with Gasteiger partial charge in [0.05, 0.1) is 16.7 Å². The predicted octanol–water partition coefficient (Wildman–Crippen LogP) is 3.91. The molecule has 0 saturated carbocycles. The summed E-state index contributed by atoms with van der Waals surface area (Å²) in [6, 6.07) is 9.61. The first-order chi connectivity index (χ1) is 9.58. The van der Waals surface area contributed by atoms with Gasteiger partial charge in [0, 0.05) is 17.3 Å². The number of aromatic nitrogens is 3. The summed E-state index contributed by atoms with van der Waals surface area (Å²) in [4.78, 5) is 9.03. The third-order valence-corrected chi connectivity index (χ3v) is 3.45. The van der Waals surface area contributed by atoms with Crippen molar-refractivity contribution in [3.05, 3.63) is 41.6 Å². The quantitative estimate of drug-likeness (QED) is 0.777. The maximum atomic E-state index is 6.05. The number of rotatable bonds is 2. The number of pyridine rings is 1. The molecule has 0 aliphatic rings. The van der Waals surface area contributed by atoms with E-state index in [4.69, 9.17) is 17.3 Å². The first kappa shape index (κ1) is 12.9. The number of halogens is 1. The summed E-state index contributed by atoms with van der Waals surface area (Å²) in [7, 11) is 0. The highest BCUT2D eigenvalue weighted by Crippen LogP contribution is 2.31.